The number of hydrogen-bond acceptors (Lipinski definition) is 4. The van der Waals surface area contributed by atoms with Crippen LogP contribution in [0.25, 0.3) is 22.6 Å². The first-order chi connectivity index (χ1) is 13.4. The summed E-state index contributed by atoms with van der Waals surface area (Å²) in [5, 5.41) is 0. The topological polar surface area (TPSA) is 53.4 Å². The van der Waals surface area contributed by atoms with Gasteiger partial charge >= 0.3 is 12.1 Å². The maximum absolute atomic E-state index is 13.0. The molecule has 8 heteroatoms. The van der Waals surface area contributed by atoms with E-state index in [1.165, 1.54) is 13.2 Å². The van der Waals surface area contributed by atoms with E-state index in [2.05, 4.69) is 4.98 Å². The number of ether oxygens (including phenoxy) is 2. The van der Waals surface area contributed by atoms with E-state index in [1.54, 1.807) is 30.5 Å². The Morgan fingerprint density at radius 1 is 1.21 bits per heavy atom. The second kappa shape index (κ2) is 6.70. The van der Waals surface area contributed by atoms with Crippen LogP contribution in [0.3, 0.4) is 0 Å². The molecule has 4 rings (SSSR count). The lowest BCUT2D eigenvalue weighted by Crippen LogP contribution is -2.05. The summed E-state index contributed by atoms with van der Waals surface area (Å²) in [5.41, 5.74) is 1.09. The molecule has 0 amide bonds. The first-order valence-corrected chi connectivity index (χ1v) is 8.47. The zero-order valence-electron chi connectivity index (χ0n) is 14.8. The van der Waals surface area contributed by atoms with Crippen LogP contribution in [0.1, 0.15) is 15.9 Å². The molecule has 0 bridgehead atoms. The van der Waals surface area contributed by atoms with Gasteiger partial charge in [0.25, 0.3) is 0 Å². The van der Waals surface area contributed by atoms with Crippen LogP contribution in [0.5, 0.6) is 5.75 Å². The third kappa shape index (κ3) is 3.21. The lowest BCUT2D eigenvalue weighted by atomic mass is 10.1. The number of fused-ring (bicyclic) bond motifs is 3. The summed E-state index contributed by atoms with van der Waals surface area (Å²) in [7, 11) is 1.29. The van der Waals surface area contributed by atoms with Gasteiger partial charge in [0.05, 0.1) is 36.0 Å². The van der Waals surface area contributed by atoms with Gasteiger partial charge in [0.2, 0.25) is 0 Å². The van der Waals surface area contributed by atoms with Crippen LogP contribution in [0.15, 0.2) is 48.7 Å². The van der Waals surface area contributed by atoms with Gasteiger partial charge in [-0.2, -0.15) is 13.2 Å². The molecule has 0 fully saturated rings. The second-order valence-corrected chi connectivity index (χ2v) is 6.27. The summed E-state index contributed by atoms with van der Waals surface area (Å²) < 4.78 is 51.3. The van der Waals surface area contributed by atoms with Crippen molar-refractivity contribution in [2.45, 2.75) is 12.7 Å². The van der Waals surface area contributed by atoms with Gasteiger partial charge in [-0.05, 0) is 30.3 Å². The van der Waals surface area contributed by atoms with Gasteiger partial charge in [-0.15, -0.1) is 0 Å². The molecule has 1 aliphatic heterocycles. The van der Waals surface area contributed by atoms with Gasteiger partial charge in [0.1, 0.15) is 18.2 Å². The average molecular weight is 388 g/mol. The summed E-state index contributed by atoms with van der Waals surface area (Å²) >= 11 is 0. The molecule has 0 unspecified atom stereocenters. The lowest BCUT2D eigenvalue weighted by molar-refractivity contribution is -0.137. The maximum Gasteiger partial charge on any atom is 0.416 e. The largest absolute Gasteiger partial charge is 0.491 e. The van der Waals surface area contributed by atoms with Gasteiger partial charge in [0, 0.05) is 11.8 Å². The van der Waals surface area contributed by atoms with Crippen LogP contribution in [0, 0.1) is 0 Å². The van der Waals surface area contributed by atoms with Crippen LogP contribution >= 0.6 is 0 Å². The zero-order chi connectivity index (χ0) is 19.9. The Hall–Kier alpha value is -3.29. The molecule has 0 radical (unpaired) electrons. The molecule has 144 valence electrons. The number of benzene rings is 2. The highest BCUT2D eigenvalue weighted by molar-refractivity contribution is 5.91. The molecule has 1 aliphatic rings. The quantitative estimate of drug-likeness (QED) is 0.610. The number of halogens is 3. The maximum atomic E-state index is 13.0. The number of hydrogen-bond donors (Lipinski definition) is 0. The minimum absolute atomic E-state index is 0.336. The van der Waals surface area contributed by atoms with Crippen LogP contribution < -0.4 is 4.74 Å². The number of nitrogens with zero attached hydrogens (tertiary/aromatic N) is 2. The van der Waals surface area contributed by atoms with Crippen molar-refractivity contribution >= 4 is 5.97 Å². The van der Waals surface area contributed by atoms with Gasteiger partial charge in [0.15, 0.2) is 0 Å². The van der Waals surface area contributed by atoms with E-state index >= 15 is 0 Å². The molecule has 5 nitrogen and oxygen atoms in total. The third-order valence-electron chi connectivity index (χ3n) is 4.50. The van der Waals surface area contributed by atoms with Crippen molar-refractivity contribution in [1.82, 2.24) is 9.55 Å². The van der Waals surface area contributed by atoms with E-state index in [4.69, 9.17) is 9.47 Å². The normalized spacial score (nSPS) is 13.1. The van der Waals surface area contributed by atoms with Crippen molar-refractivity contribution in [3.63, 3.8) is 0 Å². The summed E-state index contributed by atoms with van der Waals surface area (Å²) in [6.45, 7) is 0.812. The predicted molar refractivity (Wildman–Crippen MR) is 94.9 cm³/mol. The van der Waals surface area contributed by atoms with Crippen LogP contribution in [-0.4, -0.2) is 29.2 Å². The molecule has 2 heterocycles. The Labute approximate surface area is 158 Å². The van der Waals surface area contributed by atoms with E-state index in [1.807, 2.05) is 4.57 Å². The van der Waals surface area contributed by atoms with Crippen molar-refractivity contribution in [3.8, 4) is 28.4 Å². The Morgan fingerprint density at radius 2 is 2.04 bits per heavy atom. The fourth-order valence-corrected chi connectivity index (χ4v) is 3.12. The number of alkyl halides is 3. The van der Waals surface area contributed by atoms with Crippen molar-refractivity contribution in [1.29, 1.82) is 0 Å². The highest BCUT2D eigenvalue weighted by Crippen LogP contribution is 2.36. The van der Waals surface area contributed by atoms with Crippen molar-refractivity contribution in [2.75, 3.05) is 13.7 Å². The van der Waals surface area contributed by atoms with Gasteiger partial charge < -0.3 is 14.0 Å². The van der Waals surface area contributed by atoms with E-state index in [9.17, 15) is 18.0 Å². The fraction of sp³-hybridized carbons (Fsp3) is 0.200. The predicted octanol–water partition coefficient (Wildman–Crippen LogP) is 4.41. The fourth-order valence-electron chi connectivity index (χ4n) is 3.12. The van der Waals surface area contributed by atoms with E-state index in [0.29, 0.717) is 47.1 Å². The number of methoxy groups -OCH3 is 1. The summed E-state index contributed by atoms with van der Waals surface area (Å²) in [4.78, 5) is 16.3. The molecular weight excluding hydrogens is 373 g/mol. The van der Waals surface area contributed by atoms with Gasteiger partial charge in [-0.1, -0.05) is 12.1 Å². The van der Waals surface area contributed by atoms with E-state index in [0.717, 1.165) is 12.1 Å². The number of rotatable bonds is 2. The second-order valence-electron chi connectivity index (χ2n) is 6.27. The third-order valence-corrected chi connectivity index (χ3v) is 4.50. The van der Waals surface area contributed by atoms with Gasteiger partial charge in [-0.3, -0.25) is 0 Å². The highest BCUT2D eigenvalue weighted by Gasteiger charge is 2.31. The summed E-state index contributed by atoms with van der Waals surface area (Å²) in [6.07, 6.45) is -2.71. The SMILES string of the molecule is COC(=O)c1ccc2c(c1)OCCn1cc(-c3cccc(C(F)(F)F)c3)nc1-2. The molecule has 0 spiro atoms. The van der Waals surface area contributed by atoms with Crippen LogP contribution in [0.4, 0.5) is 13.2 Å². The minimum atomic E-state index is -4.42. The average Bonchev–Trinajstić information content (AvgIpc) is 3.03. The first-order valence-electron chi connectivity index (χ1n) is 8.47. The van der Waals surface area contributed by atoms with Crippen molar-refractivity contribution < 1.29 is 27.4 Å². The number of carbonyl (C=O) groups excluding carboxylic acids is 1. The molecule has 0 N–H and O–H groups in total. The Kier molecular flexibility index (Phi) is 4.33. The lowest BCUT2D eigenvalue weighted by Gasteiger charge is -2.08. The molecule has 3 aromatic rings. The van der Waals surface area contributed by atoms with Crippen molar-refractivity contribution in [2.24, 2.45) is 0 Å². The molecule has 2 aromatic carbocycles. The summed E-state index contributed by atoms with van der Waals surface area (Å²) in [5.74, 6) is 0.558. The molecule has 0 saturated carbocycles. The minimum Gasteiger partial charge on any atom is -0.491 e. The highest BCUT2D eigenvalue weighted by atomic mass is 19.4. The standard InChI is InChI=1S/C20H15F3N2O3/c1-27-19(26)13-5-6-15-17(10-13)28-8-7-25-11-16(24-18(15)25)12-3-2-4-14(9-12)20(21,22)23/h2-6,9-11H,7-8H2,1H3. The monoisotopic (exact) mass is 388 g/mol. The van der Waals surface area contributed by atoms with Crippen LogP contribution in [0.2, 0.25) is 0 Å². The Balaban J connectivity index is 1.78. The number of imidazole rings is 1. The van der Waals surface area contributed by atoms with Crippen molar-refractivity contribution in [3.05, 3.63) is 59.8 Å². The number of aromatic nitrogens is 2. The Bertz CT molecular complexity index is 1060. The molecular formula is C20H15F3N2O3. The number of esters is 1. The summed E-state index contributed by atoms with van der Waals surface area (Å²) in [6, 6.07) is 9.94. The zero-order valence-corrected chi connectivity index (χ0v) is 14.8. The molecule has 0 atom stereocenters. The van der Waals surface area contributed by atoms with Gasteiger partial charge in [-0.25, -0.2) is 9.78 Å². The molecule has 28 heavy (non-hydrogen) atoms. The smallest absolute Gasteiger partial charge is 0.416 e. The Morgan fingerprint density at radius 3 is 2.79 bits per heavy atom. The first kappa shape index (κ1) is 18.1. The molecule has 1 aromatic heterocycles. The van der Waals surface area contributed by atoms with Crippen LogP contribution in [-0.2, 0) is 17.5 Å². The number of carbonyl (C=O) groups is 1. The molecule has 0 saturated heterocycles. The molecule has 0 aliphatic carbocycles. The van der Waals surface area contributed by atoms with E-state index in [-0.39, 0.29) is 0 Å². The van der Waals surface area contributed by atoms with E-state index < -0.39 is 17.7 Å².